The van der Waals surface area contributed by atoms with E-state index < -0.39 is 24.0 Å². The zero-order valence-corrected chi connectivity index (χ0v) is 26.8. The van der Waals surface area contributed by atoms with Crippen LogP contribution < -0.4 is 25.6 Å². The van der Waals surface area contributed by atoms with Crippen molar-refractivity contribution in [2.45, 2.75) is 57.9 Å². The number of amides is 4. The first-order chi connectivity index (χ1) is 22.6. The Morgan fingerprint density at radius 2 is 1.70 bits per heavy atom. The highest BCUT2D eigenvalue weighted by Gasteiger charge is 2.26. The smallest absolute Gasteiger partial charge is 0.323 e. The molecule has 4 rings (SSSR count). The Morgan fingerprint density at radius 3 is 2.43 bits per heavy atom. The monoisotopic (exact) mass is 644 g/mol. The van der Waals surface area contributed by atoms with E-state index in [1.807, 2.05) is 43.3 Å². The van der Waals surface area contributed by atoms with Crippen LogP contribution in [-0.4, -0.2) is 55.7 Å². The van der Waals surface area contributed by atoms with E-state index in [2.05, 4.69) is 16.0 Å². The second-order valence-corrected chi connectivity index (χ2v) is 11.3. The minimum absolute atomic E-state index is 0.0135. The van der Waals surface area contributed by atoms with Crippen LogP contribution in [0.1, 0.15) is 60.4 Å². The van der Waals surface area contributed by atoms with E-state index in [1.165, 1.54) is 14.2 Å². The number of esters is 1. The molecule has 0 bridgehead atoms. The number of carboxylic acids is 1. The summed E-state index contributed by atoms with van der Waals surface area (Å²) in [6.45, 7) is 2.44. The third kappa shape index (κ3) is 9.55. The molecule has 12 nitrogen and oxygen atoms in total. The average Bonchev–Trinajstić information content (AvgIpc) is 3.05. The van der Waals surface area contributed by atoms with Crippen molar-refractivity contribution in [3.8, 4) is 5.75 Å². The summed E-state index contributed by atoms with van der Waals surface area (Å²) in [4.78, 5) is 63.5. The number of hydrogen-bond donors (Lipinski definition) is 4. The van der Waals surface area contributed by atoms with Gasteiger partial charge in [-0.25, -0.2) is 4.79 Å². The number of anilines is 3. The Hall–Kier alpha value is -5.39. The molecule has 0 saturated carbocycles. The van der Waals surface area contributed by atoms with E-state index in [4.69, 9.17) is 14.6 Å². The van der Waals surface area contributed by atoms with Crippen LogP contribution in [-0.2, 0) is 36.8 Å². The highest BCUT2D eigenvalue weighted by molar-refractivity contribution is 6.01. The molecular formula is C35H40N4O8. The topological polar surface area (TPSA) is 163 Å². The van der Waals surface area contributed by atoms with Crippen molar-refractivity contribution in [1.82, 2.24) is 5.32 Å². The summed E-state index contributed by atoms with van der Waals surface area (Å²) >= 11 is 0. The van der Waals surface area contributed by atoms with Gasteiger partial charge in [0.05, 0.1) is 38.8 Å². The SMILES string of the molecule is COC(=O)CC(NC(=O)CCCC(=O)O)c1ccc2c(c1)CCCN2C(=O)Cc1ccc(NC(=O)Nc2ccccc2C)c(OC)c1. The maximum atomic E-state index is 13.6. The number of aliphatic carboxylic acids is 1. The lowest BCUT2D eigenvalue weighted by Crippen LogP contribution is -2.37. The maximum Gasteiger partial charge on any atom is 0.323 e. The van der Waals surface area contributed by atoms with Gasteiger partial charge in [-0.2, -0.15) is 0 Å². The summed E-state index contributed by atoms with van der Waals surface area (Å²) in [6, 6.07) is 17.0. The van der Waals surface area contributed by atoms with Crippen LogP contribution in [0.25, 0.3) is 0 Å². The molecule has 0 fully saturated rings. The van der Waals surface area contributed by atoms with E-state index in [1.54, 1.807) is 29.2 Å². The van der Waals surface area contributed by atoms with Crippen LogP contribution in [0.2, 0.25) is 0 Å². The van der Waals surface area contributed by atoms with E-state index in [9.17, 15) is 24.0 Å². The maximum absolute atomic E-state index is 13.6. The number of rotatable bonds is 13. The van der Waals surface area contributed by atoms with Gasteiger partial charge in [-0.15, -0.1) is 0 Å². The van der Waals surface area contributed by atoms with Crippen molar-refractivity contribution < 1.29 is 38.6 Å². The molecule has 3 aromatic carbocycles. The highest BCUT2D eigenvalue weighted by Crippen LogP contribution is 2.32. The van der Waals surface area contributed by atoms with Crippen LogP contribution in [0.15, 0.2) is 60.7 Å². The van der Waals surface area contributed by atoms with Crippen molar-refractivity contribution in [2.24, 2.45) is 0 Å². The summed E-state index contributed by atoms with van der Waals surface area (Å²) in [5.74, 6) is -1.54. The van der Waals surface area contributed by atoms with Gasteiger partial charge in [0.15, 0.2) is 0 Å². The van der Waals surface area contributed by atoms with Crippen molar-refractivity contribution >= 4 is 46.8 Å². The first-order valence-corrected chi connectivity index (χ1v) is 15.4. The molecule has 1 aliphatic heterocycles. The van der Waals surface area contributed by atoms with E-state index >= 15 is 0 Å². The van der Waals surface area contributed by atoms with Gasteiger partial charge in [0.1, 0.15) is 5.75 Å². The minimum Gasteiger partial charge on any atom is -0.495 e. The molecule has 1 aliphatic rings. The fourth-order valence-corrected chi connectivity index (χ4v) is 5.47. The van der Waals surface area contributed by atoms with Gasteiger partial charge in [0.2, 0.25) is 11.8 Å². The number of nitrogens with zero attached hydrogens (tertiary/aromatic N) is 1. The highest BCUT2D eigenvalue weighted by atomic mass is 16.5. The number of aryl methyl sites for hydroxylation is 2. The lowest BCUT2D eigenvalue weighted by molar-refractivity contribution is -0.141. The molecule has 0 spiro atoms. The molecule has 1 unspecified atom stereocenters. The summed E-state index contributed by atoms with van der Waals surface area (Å²) in [5, 5.41) is 17.3. The summed E-state index contributed by atoms with van der Waals surface area (Å²) < 4.78 is 10.3. The van der Waals surface area contributed by atoms with Crippen LogP contribution >= 0.6 is 0 Å². The Bertz CT molecular complexity index is 1640. The molecule has 248 valence electrons. The quantitative estimate of drug-likeness (QED) is 0.186. The zero-order chi connectivity index (χ0) is 33.9. The number of carbonyl (C=O) groups excluding carboxylic acids is 4. The van der Waals surface area contributed by atoms with Gasteiger partial charge in [-0.05, 0) is 72.7 Å². The lowest BCUT2D eigenvalue weighted by Gasteiger charge is -2.31. The Morgan fingerprint density at radius 1 is 0.936 bits per heavy atom. The van der Waals surface area contributed by atoms with Gasteiger partial charge in [-0.3, -0.25) is 19.2 Å². The summed E-state index contributed by atoms with van der Waals surface area (Å²) in [7, 11) is 2.77. The molecule has 47 heavy (non-hydrogen) atoms. The number of carbonyl (C=O) groups is 5. The normalized spacial score (nSPS) is 12.7. The second-order valence-electron chi connectivity index (χ2n) is 11.3. The molecule has 12 heteroatoms. The largest absolute Gasteiger partial charge is 0.495 e. The van der Waals surface area contributed by atoms with Crippen molar-refractivity contribution in [1.29, 1.82) is 0 Å². The van der Waals surface area contributed by atoms with Crippen LogP contribution in [0, 0.1) is 6.92 Å². The molecule has 0 aliphatic carbocycles. The van der Waals surface area contributed by atoms with Crippen LogP contribution in [0.4, 0.5) is 21.9 Å². The van der Waals surface area contributed by atoms with Gasteiger partial charge >= 0.3 is 18.0 Å². The number of nitrogens with one attached hydrogen (secondary N) is 3. The van der Waals surface area contributed by atoms with Gasteiger partial charge in [0, 0.05) is 30.8 Å². The van der Waals surface area contributed by atoms with Crippen LogP contribution in [0.3, 0.4) is 0 Å². The summed E-state index contributed by atoms with van der Waals surface area (Å²) in [6.07, 6.45) is 1.52. The predicted molar refractivity (Wildman–Crippen MR) is 177 cm³/mol. The third-order valence-corrected chi connectivity index (χ3v) is 7.92. The van der Waals surface area contributed by atoms with Crippen molar-refractivity contribution in [3.05, 3.63) is 82.9 Å². The van der Waals surface area contributed by atoms with Gasteiger partial charge in [0.25, 0.3) is 0 Å². The minimum atomic E-state index is -0.982. The molecule has 1 heterocycles. The average molecular weight is 645 g/mol. The van der Waals surface area contributed by atoms with Gasteiger partial charge in [-0.1, -0.05) is 36.4 Å². The van der Waals surface area contributed by atoms with Gasteiger partial charge < -0.3 is 35.4 Å². The van der Waals surface area contributed by atoms with Crippen LogP contribution in [0.5, 0.6) is 5.75 Å². The molecular weight excluding hydrogens is 604 g/mol. The molecule has 3 aromatic rings. The molecule has 0 radical (unpaired) electrons. The fourth-order valence-electron chi connectivity index (χ4n) is 5.47. The summed E-state index contributed by atoms with van der Waals surface area (Å²) in [5.41, 5.74) is 5.15. The fraction of sp³-hybridized carbons (Fsp3) is 0.343. The molecule has 4 N–H and O–H groups in total. The Labute approximate surface area is 273 Å². The number of hydrogen-bond acceptors (Lipinski definition) is 7. The molecule has 0 saturated heterocycles. The molecule has 4 amide bonds. The number of carboxylic acid groups (broad SMARTS) is 1. The first kappa shape index (κ1) is 34.5. The second kappa shape index (κ2) is 16.3. The van der Waals surface area contributed by atoms with E-state index in [0.29, 0.717) is 41.2 Å². The number of methoxy groups -OCH3 is 2. The van der Waals surface area contributed by atoms with Crippen molar-refractivity contribution in [2.75, 3.05) is 36.3 Å². The third-order valence-electron chi connectivity index (χ3n) is 7.92. The van der Waals surface area contributed by atoms with E-state index in [0.717, 1.165) is 23.2 Å². The predicted octanol–water partition coefficient (Wildman–Crippen LogP) is 5.14. The Balaban J connectivity index is 1.45. The van der Waals surface area contributed by atoms with E-state index in [-0.39, 0.29) is 43.9 Å². The zero-order valence-electron chi connectivity index (χ0n) is 26.8. The number of ether oxygens (including phenoxy) is 2. The molecule has 1 atom stereocenters. The lowest BCUT2D eigenvalue weighted by atomic mass is 9.94. The molecule has 0 aromatic heterocycles. The number of benzene rings is 3. The Kier molecular flexibility index (Phi) is 11.9. The first-order valence-electron chi connectivity index (χ1n) is 15.4. The number of para-hydroxylation sites is 1. The number of fused-ring (bicyclic) bond motifs is 1. The number of urea groups is 1. The van der Waals surface area contributed by atoms with Crippen molar-refractivity contribution in [3.63, 3.8) is 0 Å². The standard InChI is InChI=1S/C35H40N4O8/c1-22-8-4-5-10-26(22)37-35(45)38-27-15-13-23(18-30(27)46-2)19-32(41)39-17-7-9-25-20-24(14-16-29(25)39)28(21-34(44)47-3)36-31(40)11-6-12-33(42)43/h4-5,8,10,13-16,18,20,28H,6-7,9,11-12,17,19,21H2,1-3H3,(H,36,40)(H,42,43)(H2,37,38,45).